The van der Waals surface area contributed by atoms with Crippen LogP contribution in [0.4, 0.5) is 9.18 Å². The Morgan fingerprint density at radius 3 is 2.43 bits per heavy atom. The molecule has 2 heterocycles. The fourth-order valence-corrected chi connectivity index (χ4v) is 3.52. The third-order valence-electron chi connectivity index (χ3n) is 4.88. The number of likely N-dealkylation sites (tertiary alicyclic amines) is 1. The number of aromatic nitrogens is 1. The fraction of sp³-hybridized carbons (Fsp3) is 0.238. The molecule has 6 nitrogen and oxygen atoms in total. The van der Waals surface area contributed by atoms with E-state index in [1.807, 2.05) is 0 Å². The summed E-state index contributed by atoms with van der Waals surface area (Å²) >= 11 is 0. The van der Waals surface area contributed by atoms with Crippen molar-refractivity contribution in [2.45, 2.75) is 19.3 Å². The second-order valence-electron chi connectivity index (χ2n) is 6.73. The van der Waals surface area contributed by atoms with E-state index >= 15 is 0 Å². The standard InChI is InChI=1S/C21H19FN2O4/c22-14-9-10-17-16(13-14)18(20(26)28-15-7-3-1-4-8-15)19(25)24(17)21(27)23-11-5-2-6-12-23/h1,3-4,7-10,13,25H,2,5-6,11-12H2. The van der Waals surface area contributed by atoms with E-state index in [9.17, 15) is 19.1 Å². The van der Waals surface area contributed by atoms with Gasteiger partial charge < -0.3 is 14.7 Å². The molecular formula is C21H19FN2O4. The van der Waals surface area contributed by atoms with Gasteiger partial charge in [0.2, 0.25) is 5.88 Å². The van der Waals surface area contributed by atoms with E-state index in [0.29, 0.717) is 13.1 Å². The third kappa shape index (κ3) is 3.19. The van der Waals surface area contributed by atoms with E-state index in [2.05, 4.69) is 0 Å². The van der Waals surface area contributed by atoms with Crippen molar-refractivity contribution in [3.63, 3.8) is 0 Å². The number of carbonyl (C=O) groups is 2. The van der Waals surface area contributed by atoms with Gasteiger partial charge in [0.25, 0.3) is 0 Å². The number of rotatable bonds is 2. The summed E-state index contributed by atoms with van der Waals surface area (Å²) in [5.74, 6) is -1.70. The van der Waals surface area contributed by atoms with Gasteiger partial charge in [-0.15, -0.1) is 0 Å². The normalized spacial score (nSPS) is 14.2. The first kappa shape index (κ1) is 18.0. The molecule has 2 aromatic carbocycles. The number of esters is 1. The van der Waals surface area contributed by atoms with Crippen LogP contribution in [0.3, 0.4) is 0 Å². The van der Waals surface area contributed by atoms with E-state index in [4.69, 9.17) is 4.74 Å². The Balaban J connectivity index is 1.80. The second-order valence-corrected chi connectivity index (χ2v) is 6.73. The van der Waals surface area contributed by atoms with E-state index in [0.717, 1.165) is 29.9 Å². The van der Waals surface area contributed by atoms with Crippen molar-refractivity contribution in [1.82, 2.24) is 9.47 Å². The molecule has 4 rings (SSSR count). The maximum atomic E-state index is 13.9. The lowest BCUT2D eigenvalue weighted by Gasteiger charge is -2.27. The van der Waals surface area contributed by atoms with Crippen molar-refractivity contribution in [2.24, 2.45) is 0 Å². The monoisotopic (exact) mass is 382 g/mol. The quantitative estimate of drug-likeness (QED) is 0.534. The van der Waals surface area contributed by atoms with Gasteiger partial charge in [0.05, 0.1) is 5.52 Å². The number of nitrogens with zero attached hydrogens (tertiary/aromatic N) is 2. The molecule has 1 aliphatic rings. The average molecular weight is 382 g/mol. The highest BCUT2D eigenvalue weighted by atomic mass is 19.1. The van der Waals surface area contributed by atoms with Crippen molar-refractivity contribution in [3.05, 3.63) is 59.9 Å². The zero-order valence-corrected chi connectivity index (χ0v) is 15.1. The lowest BCUT2D eigenvalue weighted by atomic mass is 10.1. The summed E-state index contributed by atoms with van der Waals surface area (Å²) in [5, 5.41) is 10.9. The van der Waals surface area contributed by atoms with Crippen molar-refractivity contribution >= 4 is 22.9 Å². The summed E-state index contributed by atoms with van der Waals surface area (Å²) < 4.78 is 20.2. The topological polar surface area (TPSA) is 71.8 Å². The number of piperidine rings is 1. The van der Waals surface area contributed by atoms with Gasteiger partial charge in [-0.3, -0.25) is 0 Å². The number of halogens is 1. The molecule has 0 radical (unpaired) electrons. The molecule has 144 valence electrons. The molecule has 3 aromatic rings. The minimum Gasteiger partial charge on any atom is -0.493 e. The summed E-state index contributed by atoms with van der Waals surface area (Å²) in [6.45, 7) is 1.14. The molecule has 0 bridgehead atoms. The van der Waals surface area contributed by atoms with Crippen molar-refractivity contribution in [3.8, 4) is 11.6 Å². The number of fused-ring (bicyclic) bond motifs is 1. The molecule has 1 aromatic heterocycles. The Hall–Kier alpha value is -3.35. The molecule has 28 heavy (non-hydrogen) atoms. The Kier molecular flexibility index (Phi) is 4.73. The SMILES string of the molecule is O=C(Oc1ccccc1)c1c(O)n(C(=O)N2CCCCC2)c2ccc(F)cc12. The molecule has 1 N–H and O–H groups in total. The number of ether oxygens (including phenoxy) is 1. The molecule has 7 heteroatoms. The third-order valence-corrected chi connectivity index (χ3v) is 4.88. The number of hydrogen-bond donors (Lipinski definition) is 1. The summed E-state index contributed by atoms with van der Waals surface area (Å²) in [6, 6.07) is 11.6. The van der Waals surface area contributed by atoms with Gasteiger partial charge in [-0.25, -0.2) is 18.5 Å². The Labute approximate surface area is 160 Å². The summed E-state index contributed by atoms with van der Waals surface area (Å²) in [7, 11) is 0. The number of amides is 1. The molecule has 1 saturated heterocycles. The van der Waals surface area contributed by atoms with Crippen LogP contribution in [0.25, 0.3) is 10.9 Å². The summed E-state index contributed by atoms with van der Waals surface area (Å²) in [6.07, 6.45) is 2.80. The first-order valence-electron chi connectivity index (χ1n) is 9.15. The van der Waals surface area contributed by atoms with Crippen LogP contribution >= 0.6 is 0 Å². The fourth-order valence-electron chi connectivity index (χ4n) is 3.52. The van der Waals surface area contributed by atoms with Gasteiger partial charge in [-0.05, 0) is 49.6 Å². The van der Waals surface area contributed by atoms with Crippen LogP contribution < -0.4 is 4.74 Å². The number of hydrogen-bond acceptors (Lipinski definition) is 4. The summed E-state index contributed by atoms with van der Waals surface area (Å²) in [4.78, 5) is 27.3. The molecule has 1 aliphatic heterocycles. The Bertz CT molecular complexity index is 1040. The number of carbonyl (C=O) groups excluding carboxylic acids is 2. The maximum Gasteiger partial charge on any atom is 0.349 e. The van der Waals surface area contributed by atoms with Crippen LogP contribution in [-0.4, -0.2) is 39.7 Å². The molecule has 1 amide bonds. The molecule has 0 unspecified atom stereocenters. The lowest BCUT2D eigenvalue weighted by Crippen LogP contribution is -2.38. The zero-order chi connectivity index (χ0) is 19.7. The highest BCUT2D eigenvalue weighted by Crippen LogP contribution is 2.33. The van der Waals surface area contributed by atoms with Gasteiger partial charge in [0.1, 0.15) is 17.1 Å². The summed E-state index contributed by atoms with van der Waals surface area (Å²) in [5.41, 5.74) is 0.0261. The Morgan fingerprint density at radius 2 is 1.71 bits per heavy atom. The molecule has 0 spiro atoms. The maximum absolute atomic E-state index is 13.9. The number of para-hydroxylation sites is 1. The highest BCUT2D eigenvalue weighted by molar-refractivity contribution is 6.10. The van der Waals surface area contributed by atoms with Gasteiger partial charge >= 0.3 is 12.0 Å². The van der Waals surface area contributed by atoms with Gasteiger partial charge in [0.15, 0.2) is 0 Å². The van der Waals surface area contributed by atoms with Crippen molar-refractivity contribution in [1.29, 1.82) is 0 Å². The van der Waals surface area contributed by atoms with E-state index in [1.165, 1.54) is 12.1 Å². The first-order chi connectivity index (χ1) is 13.6. The van der Waals surface area contributed by atoms with E-state index < -0.39 is 23.7 Å². The second kappa shape index (κ2) is 7.34. The van der Waals surface area contributed by atoms with Crippen LogP contribution in [0.2, 0.25) is 0 Å². The lowest BCUT2D eigenvalue weighted by molar-refractivity contribution is 0.0733. The van der Waals surface area contributed by atoms with Crippen LogP contribution in [0.5, 0.6) is 11.6 Å². The first-order valence-corrected chi connectivity index (χ1v) is 9.15. The van der Waals surface area contributed by atoms with Crippen LogP contribution in [0, 0.1) is 5.82 Å². The van der Waals surface area contributed by atoms with Crippen molar-refractivity contribution < 1.29 is 23.8 Å². The largest absolute Gasteiger partial charge is 0.493 e. The van der Waals surface area contributed by atoms with Crippen LogP contribution in [-0.2, 0) is 0 Å². The van der Waals surface area contributed by atoms with Gasteiger partial charge in [-0.2, -0.15) is 0 Å². The molecule has 1 fully saturated rings. The average Bonchev–Trinajstić information content (AvgIpc) is 3.00. The predicted octanol–water partition coefficient (Wildman–Crippen LogP) is 4.16. The highest BCUT2D eigenvalue weighted by Gasteiger charge is 2.30. The van der Waals surface area contributed by atoms with Crippen molar-refractivity contribution in [2.75, 3.05) is 13.1 Å². The zero-order valence-electron chi connectivity index (χ0n) is 15.1. The van der Waals surface area contributed by atoms with Gasteiger partial charge in [-0.1, -0.05) is 18.2 Å². The number of aromatic hydroxyl groups is 1. The van der Waals surface area contributed by atoms with Crippen LogP contribution in [0.1, 0.15) is 29.6 Å². The smallest absolute Gasteiger partial charge is 0.349 e. The van der Waals surface area contributed by atoms with Crippen LogP contribution in [0.15, 0.2) is 48.5 Å². The molecule has 0 atom stereocenters. The van der Waals surface area contributed by atoms with E-state index in [-0.39, 0.29) is 22.2 Å². The minimum absolute atomic E-state index is 0.129. The molecule has 0 aliphatic carbocycles. The van der Waals surface area contributed by atoms with E-state index in [1.54, 1.807) is 35.2 Å². The predicted molar refractivity (Wildman–Crippen MR) is 101 cm³/mol. The number of benzene rings is 2. The molecule has 0 saturated carbocycles. The molecular weight excluding hydrogens is 363 g/mol. The minimum atomic E-state index is -0.857. The van der Waals surface area contributed by atoms with Gasteiger partial charge in [0, 0.05) is 18.5 Å². The Morgan fingerprint density at radius 1 is 1.00 bits per heavy atom.